The van der Waals surface area contributed by atoms with Crippen LogP contribution in [0.2, 0.25) is 0 Å². The van der Waals surface area contributed by atoms with Gasteiger partial charge in [-0.25, -0.2) is 0 Å². The minimum Gasteiger partial charge on any atom is -0.381 e. The van der Waals surface area contributed by atoms with Gasteiger partial charge in [0.05, 0.1) is 5.92 Å². The van der Waals surface area contributed by atoms with Gasteiger partial charge in [0.25, 0.3) is 0 Å². The molecule has 20 heavy (non-hydrogen) atoms. The second kappa shape index (κ2) is 8.02. The van der Waals surface area contributed by atoms with Crippen LogP contribution in [-0.2, 0) is 16.1 Å². The van der Waals surface area contributed by atoms with Crippen LogP contribution in [0.5, 0.6) is 0 Å². The van der Waals surface area contributed by atoms with Crippen molar-refractivity contribution in [2.45, 2.75) is 32.2 Å². The largest absolute Gasteiger partial charge is 0.381 e. The molecule has 1 amide bonds. The van der Waals surface area contributed by atoms with Gasteiger partial charge in [-0.05, 0) is 24.0 Å². The highest BCUT2D eigenvalue weighted by molar-refractivity contribution is 5.84. The van der Waals surface area contributed by atoms with E-state index in [1.807, 2.05) is 12.1 Å². The monoisotopic (exact) mass is 276 g/mol. The van der Waals surface area contributed by atoms with Crippen molar-refractivity contribution in [1.29, 1.82) is 0 Å². The molecule has 0 spiro atoms. The molecule has 110 valence electrons. The maximum absolute atomic E-state index is 12.3. The molecule has 1 unspecified atom stereocenters. The van der Waals surface area contributed by atoms with E-state index < -0.39 is 0 Å². The average Bonchev–Trinajstić information content (AvgIpc) is 2.50. The van der Waals surface area contributed by atoms with Gasteiger partial charge in [-0.2, -0.15) is 0 Å². The van der Waals surface area contributed by atoms with Crippen LogP contribution in [0.25, 0.3) is 0 Å². The molecule has 2 rings (SSSR count). The number of amides is 1. The lowest BCUT2D eigenvalue weighted by Crippen LogP contribution is -2.39. The van der Waals surface area contributed by atoms with Crippen molar-refractivity contribution in [3.05, 3.63) is 35.4 Å². The van der Waals surface area contributed by atoms with Crippen molar-refractivity contribution >= 4 is 5.91 Å². The Kier molecular flexibility index (Phi) is 6.02. The van der Waals surface area contributed by atoms with Gasteiger partial charge in [0.15, 0.2) is 0 Å². The maximum Gasteiger partial charge on any atom is 0.228 e. The Morgan fingerprint density at radius 3 is 3.10 bits per heavy atom. The molecular formula is C16H24N2O2. The summed E-state index contributed by atoms with van der Waals surface area (Å²) in [5.41, 5.74) is 2.39. The number of ether oxygens (including phenoxy) is 1. The second-order valence-corrected chi connectivity index (χ2v) is 5.14. The summed E-state index contributed by atoms with van der Waals surface area (Å²) < 4.78 is 5.40. The molecule has 0 aromatic heterocycles. The van der Waals surface area contributed by atoms with Gasteiger partial charge in [0, 0.05) is 32.8 Å². The molecule has 0 saturated carbocycles. The highest BCUT2D eigenvalue weighted by Crippen LogP contribution is 2.23. The van der Waals surface area contributed by atoms with Gasteiger partial charge in [0.1, 0.15) is 0 Å². The van der Waals surface area contributed by atoms with E-state index in [0.717, 1.165) is 38.1 Å². The number of rotatable bonds is 7. The predicted octanol–water partition coefficient (Wildman–Crippen LogP) is 1.81. The first kappa shape index (κ1) is 15.0. The molecule has 1 aliphatic rings. The number of benzene rings is 1. The van der Waals surface area contributed by atoms with E-state index in [2.05, 4.69) is 29.7 Å². The van der Waals surface area contributed by atoms with E-state index in [1.165, 1.54) is 5.56 Å². The fraction of sp³-hybridized carbons (Fsp3) is 0.562. The molecule has 0 radical (unpaired) electrons. The molecule has 1 aromatic carbocycles. The van der Waals surface area contributed by atoms with Crippen molar-refractivity contribution in [2.24, 2.45) is 0 Å². The quantitative estimate of drug-likeness (QED) is 0.747. The number of fused-ring (bicyclic) bond motifs is 1. The van der Waals surface area contributed by atoms with Crippen LogP contribution < -0.4 is 10.6 Å². The summed E-state index contributed by atoms with van der Waals surface area (Å²) in [6, 6.07) is 8.17. The third kappa shape index (κ3) is 4.05. The molecule has 0 bridgehead atoms. The molecule has 1 heterocycles. The number of hydrogen-bond acceptors (Lipinski definition) is 3. The van der Waals surface area contributed by atoms with Crippen LogP contribution in [0.1, 0.15) is 36.8 Å². The minimum absolute atomic E-state index is 0.0727. The SMILES string of the molecule is CCCOCCCNC(=O)C1CNCc2ccccc21. The van der Waals surface area contributed by atoms with E-state index in [4.69, 9.17) is 4.74 Å². The van der Waals surface area contributed by atoms with Crippen LogP contribution >= 0.6 is 0 Å². The zero-order valence-electron chi connectivity index (χ0n) is 12.2. The van der Waals surface area contributed by atoms with E-state index in [0.29, 0.717) is 13.2 Å². The van der Waals surface area contributed by atoms with Gasteiger partial charge in [-0.1, -0.05) is 31.2 Å². The van der Waals surface area contributed by atoms with Gasteiger partial charge < -0.3 is 15.4 Å². The molecule has 0 saturated heterocycles. The zero-order chi connectivity index (χ0) is 14.2. The van der Waals surface area contributed by atoms with Crippen LogP contribution in [0.4, 0.5) is 0 Å². The van der Waals surface area contributed by atoms with E-state index >= 15 is 0 Å². The van der Waals surface area contributed by atoms with E-state index in [1.54, 1.807) is 0 Å². The zero-order valence-corrected chi connectivity index (χ0v) is 12.2. The fourth-order valence-electron chi connectivity index (χ4n) is 2.49. The van der Waals surface area contributed by atoms with Gasteiger partial charge in [-0.3, -0.25) is 4.79 Å². The summed E-state index contributed by atoms with van der Waals surface area (Å²) in [6.45, 7) is 5.86. The van der Waals surface area contributed by atoms with Crippen LogP contribution in [-0.4, -0.2) is 32.2 Å². The molecule has 1 atom stereocenters. The smallest absolute Gasteiger partial charge is 0.228 e. The van der Waals surface area contributed by atoms with E-state index in [-0.39, 0.29) is 11.8 Å². The second-order valence-electron chi connectivity index (χ2n) is 5.14. The number of nitrogens with one attached hydrogen (secondary N) is 2. The third-order valence-electron chi connectivity index (χ3n) is 3.52. The molecule has 4 nitrogen and oxygen atoms in total. The number of carbonyl (C=O) groups is 1. The van der Waals surface area contributed by atoms with Crippen molar-refractivity contribution in [1.82, 2.24) is 10.6 Å². The molecular weight excluding hydrogens is 252 g/mol. The van der Waals surface area contributed by atoms with Gasteiger partial charge in [0.2, 0.25) is 5.91 Å². The predicted molar refractivity (Wildman–Crippen MR) is 79.6 cm³/mol. The lowest BCUT2D eigenvalue weighted by Gasteiger charge is -2.25. The summed E-state index contributed by atoms with van der Waals surface area (Å²) in [7, 11) is 0. The Hall–Kier alpha value is -1.39. The van der Waals surface area contributed by atoms with Crippen LogP contribution in [0.15, 0.2) is 24.3 Å². The highest BCUT2D eigenvalue weighted by Gasteiger charge is 2.25. The Bertz CT molecular complexity index is 434. The Labute approximate surface area is 120 Å². The standard InChI is InChI=1S/C16H24N2O2/c1-2-9-20-10-5-8-18-16(19)15-12-17-11-13-6-3-4-7-14(13)15/h3-4,6-7,15,17H,2,5,8-12H2,1H3,(H,18,19). The summed E-state index contributed by atoms with van der Waals surface area (Å²) in [4.78, 5) is 12.3. The van der Waals surface area contributed by atoms with Crippen LogP contribution in [0, 0.1) is 0 Å². The highest BCUT2D eigenvalue weighted by atomic mass is 16.5. The van der Waals surface area contributed by atoms with Gasteiger partial charge in [-0.15, -0.1) is 0 Å². The maximum atomic E-state index is 12.3. The summed E-state index contributed by atoms with van der Waals surface area (Å²) in [5, 5.41) is 6.32. The topological polar surface area (TPSA) is 50.4 Å². The summed E-state index contributed by atoms with van der Waals surface area (Å²) in [6.07, 6.45) is 1.91. The van der Waals surface area contributed by atoms with Crippen LogP contribution in [0.3, 0.4) is 0 Å². The lowest BCUT2D eigenvalue weighted by molar-refractivity contribution is -0.122. The Morgan fingerprint density at radius 2 is 2.25 bits per heavy atom. The van der Waals surface area contributed by atoms with Crippen molar-refractivity contribution < 1.29 is 9.53 Å². The summed E-state index contributed by atoms with van der Waals surface area (Å²) in [5.74, 6) is 0.0386. The van der Waals surface area contributed by atoms with Gasteiger partial charge >= 0.3 is 0 Å². The molecule has 2 N–H and O–H groups in total. The first-order chi connectivity index (χ1) is 9.83. The normalized spacial score (nSPS) is 17.6. The molecule has 0 fully saturated rings. The van der Waals surface area contributed by atoms with Crippen molar-refractivity contribution in [3.63, 3.8) is 0 Å². The molecule has 1 aromatic rings. The average molecular weight is 276 g/mol. The summed E-state index contributed by atoms with van der Waals surface area (Å²) >= 11 is 0. The lowest BCUT2D eigenvalue weighted by atomic mass is 9.90. The van der Waals surface area contributed by atoms with E-state index in [9.17, 15) is 4.79 Å². The Morgan fingerprint density at radius 1 is 1.40 bits per heavy atom. The minimum atomic E-state index is -0.0727. The third-order valence-corrected chi connectivity index (χ3v) is 3.52. The fourth-order valence-corrected chi connectivity index (χ4v) is 2.49. The molecule has 0 aliphatic carbocycles. The first-order valence-corrected chi connectivity index (χ1v) is 7.47. The first-order valence-electron chi connectivity index (χ1n) is 7.47. The van der Waals surface area contributed by atoms with Crippen molar-refractivity contribution in [3.8, 4) is 0 Å². The molecule has 1 aliphatic heterocycles. The van der Waals surface area contributed by atoms with Crippen molar-refractivity contribution in [2.75, 3.05) is 26.3 Å². The molecule has 4 heteroatoms. The Balaban J connectivity index is 1.79. The number of hydrogen-bond donors (Lipinski definition) is 2. The number of carbonyl (C=O) groups excluding carboxylic acids is 1.